The minimum absolute atomic E-state index is 0.0286. The lowest BCUT2D eigenvalue weighted by Gasteiger charge is -2.60. The molecule has 2 aromatic heterocycles. The summed E-state index contributed by atoms with van der Waals surface area (Å²) in [5.41, 5.74) is 0.915. The van der Waals surface area contributed by atoms with Gasteiger partial charge in [-0.2, -0.15) is 0 Å². The lowest BCUT2D eigenvalue weighted by atomic mass is 9.45. The van der Waals surface area contributed by atoms with Crippen LogP contribution in [0, 0.1) is 30.1 Å². The zero-order valence-electron chi connectivity index (χ0n) is 26.8. The minimum atomic E-state index is -1.08. The van der Waals surface area contributed by atoms with Crippen LogP contribution in [0.5, 0.6) is 0 Å². The predicted molar refractivity (Wildman–Crippen MR) is 173 cm³/mol. The second-order valence-electron chi connectivity index (χ2n) is 12.9. The Morgan fingerprint density at radius 2 is 1.91 bits per heavy atom. The normalized spacial score (nSPS) is 20.5. The number of hydrogen-bond acceptors (Lipinski definition) is 7. The van der Waals surface area contributed by atoms with Crippen molar-refractivity contribution in [3.8, 4) is 0 Å². The molecular formula is C35H42N4O7. The molecule has 0 spiro atoms. The highest BCUT2D eigenvalue weighted by molar-refractivity contribution is 6.03. The molecule has 0 unspecified atom stereocenters. The molecule has 3 fully saturated rings. The molecule has 6 rings (SSSR count). The number of anilines is 1. The Kier molecular flexibility index (Phi) is 9.79. The van der Waals surface area contributed by atoms with Crippen LogP contribution < -0.4 is 21.5 Å². The van der Waals surface area contributed by atoms with Gasteiger partial charge in [0.1, 0.15) is 23.9 Å². The van der Waals surface area contributed by atoms with E-state index in [1.54, 1.807) is 25.1 Å². The number of hydrogen-bond donors (Lipinski definition) is 3. The third-order valence-corrected chi connectivity index (χ3v) is 9.90. The third-order valence-electron chi connectivity index (χ3n) is 9.90. The Hall–Kier alpha value is -4.67. The molecule has 244 valence electrons. The second-order valence-corrected chi connectivity index (χ2v) is 12.9. The van der Waals surface area contributed by atoms with Crippen molar-refractivity contribution < 1.29 is 28.3 Å². The summed E-state index contributed by atoms with van der Waals surface area (Å²) in [6, 6.07) is 9.17. The van der Waals surface area contributed by atoms with Crippen molar-refractivity contribution in [2.45, 2.75) is 65.5 Å². The fraction of sp³-hybridized carbons (Fsp3) is 0.457. The maximum atomic E-state index is 13.5. The number of allylic oxidation sites excluding steroid dienone is 1. The molecule has 1 aromatic carbocycles. The van der Waals surface area contributed by atoms with Gasteiger partial charge in [0.05, 0.1) is 7.11 Å². The molecule has 46 heavy (non-hydrogen) atoms. The number of carbonyl (C=O) groups is 4. The maximum Gasteiger partial charge on any atom is 0.330 e. The van der Waals surface area contributed by atoms with Crippen LogP contribution in [-0.4, -0.2) is 48.0 Å². The van der Waals surface area contributed by atoms with Crippen molar-refractivity contribution in [3.05, 3.63) is 76.4 Å². The van der Waals surface area contributed by atoms with E-state index >= 15 is 0 Å². The average Bonchev–Trinajstić information content (AvgIpc) is 3.39. The number of methoxy groups -OCH3 is 1. The number of ether oxygens (including phenoxy) is 1. The van der Waals surface area contributed by atoms with Gasteiger partial charge >= 0.3 is 5.97 Å². The molecule has 0 radical (unpaired) electrons. The SMILES string of the molecule is COC(=O)/C=C/CC[C@H](NC(=O)c1oc2ccccc2c1C)C(=O)Nc1cccn(CC(=O)NC[C@@H]2CC[C@H]3C[C@@H]2C3(C)C)c1=O. The molecule has 4 atom stereocenters. The molecule has 11 heteroatoms. The Balaban J connectivity index is 1.25. The number of pyridine rings is 1. The number of nitrogens with one attached hydrogen (secondary N) is 3. The molecular weight excluding hydrogens is 588 g/mol. The molecule has 2 heterocycles. The Morgan fingerprint density at radius 1 is 1.13 bits per heavy atom. The van der Waals surface area contributed by atoms with E-state index in [0.29, 0.717) is 34.9 Å². The van der Waals surface area contributed by atoms with Crippen molar-refractivity contribution in [2.24, 2.45) is 23.2 Å². The van der Waals surface area contributed by atoms with Gasteiger partial charge in [-0.3, -0.25) is 19.2 Å². The standard InChI is InChI=1S/C35H42N4O7/c1-21-24-10-5-7-13-28(24)46-31(21)33(43)37-26(11-6-8-14-30(41)45-4)32(42)38-27-12-9-17-39(34(27)44)20-29(40)36-19-22-15-16-23-18-25(22)35(23,2)3/h5,7-10,12-14,17,22-23,25-26H,6,11,15-16,18-20H2,1-4H3,(H,36,40)(H,37,43)(H,38,42)/b14-8+/t22-,23-,25-,26-/m0/s1. The molecule has 2 bridgehead atoms. The van der Waals surface area contributed by atoms with E-state index in [1.807, 2.05) is 12.1 Å². The number of aryl methyl sites for hydroxylation is 1. The molecule has 0 aliphatic heterocycles. The fourth-order valence-corrected chi connectivity index (χ4v) is 7.03. The van der Waals surface area contributed by atoms with E-state index in [1.165, 1.54) is 48.9 Å². The van der Waals surface area contributed by atoms with Crippen molar-refractivity contribution >= 4 is 40.3 Å². The molecule has 3 N–H and O–H groups in total. The molecule has 3 saturated carbocycles. The zero-order chi connectivity index (χ0) is 33.0. The van der Waals surface area contributed by atoms with Crippen LogP contribution in [0.1, 0.15) is 62.1 Å². The average molecular weight is 631 g/mol. The highest BCUT2D eigenvalue weighted by Gasteiger charge is 2.53. The third kappa shape index (κ3) is 6.93. The number of fused-ring (bicyclic) bond motifs is 3. The highest BCUT2D eigenvalue weighted by Crippen LogP contribution is 2.61. The number of aromatic nitrogens is 1. The van der Waals surface area contributed by atoms with Crippen LogP contribution in [0.2, 0.25) is 0 Å². The Bertz CT molecular complexity index is 1720. The highest BCUT2D eigenvalue weighted by atomic mass is 16.5. The summed E-state index contributed by atoms with van der Waals surface area (Å²) in [5, 5.41) is 9.13. The smallest absolute Gasteiger partial charge is 0.330 e. The monoisotopic (exact) mass is 630 g/mol. The van der Waals surface area contributed by atoms with Gasteiger partial charge in [0, 0.05) is 29.8 Å². The second kappa shape index (κ2) is 13.8. The summed E-state index contributed by atoms with van der Waals surface area (Å²) < 4.78 is 11.6. The summed E-state index contributed by atoms with van der Waals surface area (Å²) in [7, 11) is 1.26. The number of benzene rings is 1. The summed E-state index contributed by atoms with van der Waals surface area (Å²) in [4.78, 5) is 64.4. The predicted octanol–water partition coefficient (Wildman–Crippen LogP) is 4.34. The van der Waals surface area contributed by atoms with Gasteiger partial charge in [-0.05, 0) is 80.4 Å². The zero-order valence-corrected chi connectivity index (χ0v) is 26.8. The van der Waals surface area contributed by atoms with E-state index in [-0.39, 0.29) is 36.7 Å². The lowest BCUT2D eigenvalue weighted by Crippen LogP contribution is -2.54. The van der Waals surface area contributed by atoms with Crippen molar-refractivity contribution in [1.29, 1.82) is 0 Å². The number of furan rings is 1. The molecule has 3 amide bonds. The van der Waals surface area contributed by atoms with Gasteiger partial charge in [0.25, 0.3) is 11.5 Å². The summed E-state index contributed by atoms with van der Waals surface area (Å²) in [6.45, 7) is 6.79. The van der Waals surface area contributed by atoms with Crippen LogP contribution in [0.15, 0.2) is 64.0 Å². The summed E-state index contributed by atoms with van der Waals surface area (Å²) in [5.74, 6) is -0.147. The van der Waals surface area contributed by atoms with Crippen LogP contribution >= 0.6 is 0 Å². The molecule has 11 nitrogen and oxygen atoms in total. The van der Waals surface area contributed by atoms with E-state index < -0.39 is 29.4 Å². The van der Waals surface area contributed by atoms with Crippen molar-refractivity contribution in [1.82, 2.24) is 15.2 Å². The summed E-state index contributed by atoms with van der Waals surface area (Å²) in [6.07, 6.45) is 8.15. The largest absolute Gasteiger partial charge is 0.466 e. The van der Waals surface area contributed by atoms with Gasteiger partial charge in [-0.15, -0.1) is 0 Å². The molecule has 0 saturated heterocycles. The Labute approximate surface area is 267 Å². The fourth-order valence-electron chi connectivity index (χ4n) is 7.03. The lowest BCUT2D eigenvalue weighted by molar-refractivity contribution is -0.134. The minimum Gasteiger partial charge on any atom is -0.466 e. The van der Waals surface area contributed by atoms with Crippen LogP contribution in [-0.2, 0) is 25.7 Å². The molecule has 3 aromatic rings. The first-order chi connectivity index (χ1) is 22.0. The van der Waals surface area contributed by atoms with Crippen LogP contribution in [0.4, 0.5) is 5.69 Å². The van der Waals surface area contributed by atoms with Crippen molar-refractivity contribution in [3.63, 3.8) is 0 Å². The van der Waals surface area contributed by atoms with Gasteiger partial charge < -0.3 is 29.7 Å². The summed E-state index contributed by atoms with van der Waals surface area (Å²) >= 11 is 0. The number of rotatable bonds is 12. The van der Waals surface area contributed by atoms with E-state index in [0.717, 1.165) is 17.7 Å². The van der Waals surface area contributed by atoms with Crippen molar-refractivity contribution in [2.75, 3.05) is 19.0 Å². The van der Waals surface area contributed by atoms with E-state index in [4.69, 9.17) is 4.42 Å². The van der Waals surface area contributed by atoms with Crippen LogP contribution in [0.3, 0.4) is 0 Å². The van der Waals surface area contributed by atoms with Gasteiger partial charge in [0.15, 0.2) is 5.76 Å². The number of amides is 3. The number of esters is 1. The first-order valence-electron chi connectivity index (χ1n) is 15.8. The van der Waals surface area contributed by atoms with Gasteiger partial charge in [-0.25, -0.2) is 4.79 Å². The number of nitrogens with zero attached hydrogens (tertiary/aromatic N) is 1. The topological polar surface area (TPSA) is 149 Å². The van der Waals surface area contributed by atoms with E-state index in [9.17, 15) is 24.0 Å². The molecule has 3 aliphatic carbocycles. The van der Waals surface area contributed by atoms with Gasteiger partial charge in [-0.1, -0.05) is 38.1 Å². The van der Waals surface area contributed by atoms with Gasteiger partial charge in [0.2, 0.25) is 11.8 Å². The Morgan fingerprint density at radius 3 is 2.63 bits per heavy atom. The first-order valence-corrected chi connectivity index (χ1v) is 15.8. The quantitative estimate of drug-likeness (QED) is 0.199. The first kappa shape index (κ1) is 32.7. The molecule has 3 aliphatic rings. The number of carbonyl (C=O) groups excluding carboxylic acids is 4. The van der Waals surface area contributed by atoms with Crippen LogP contribution in [0.25, 0.3) is 11.0 Å². The maximum absolute atomic E-state index is 13.5. The van der Waals surface area contributed by atoms with E-state index in [2.05, 4.69) is 34.5 Å². The number of para-hydroxylation sites is 1.